The van der Waals surface area contributed by atoms with Crippen LogP contribution in [0.3, 0.4) is 0 Å². The highest BCUT2D eigenvalue weighted by molar-refractivity contribution is 6.08. The van der Waals surface area contributed by atoms with Crippen molar-refractivity contribution < 1.29 is 0 Å². The maximum atomic E-state index is 4.52. The van der Waals surface area contributed by atoms with E-state index in [9.17, 15) is 0 Å². The van der Waals surface area contributed by atoms with Crippen LogP contribution in [-0.2, 0) is 0 Å². The molecule has 0 saturated carbocycles. The highest BCUT2D eigenvalue weighted by Crippen LogP contribution is 2.22. The van der Waals surface area contributed by atoms with Gasteiger partial charge in [-0.25, -0.2) is 4.99 Å². The van der Waals surface area contributed by atoms with E-state index in [1.807, 2.05) is 34.9 Å². The van der Waals surface area contributed by atoms with Gasteiger partial charge in [0.2, 0.25) is 0 Å². The predicted molar refractivity (Wildman–Crippen MR) is 71.2 cm³/mol. The summed E-state index contributed by atoms with van der Waals surface area (Å²) < 4.78 is 0. The van der Waals surface area contributed by atoms with E-state index in [4.69, 9.17) is 0 Å². The topological polar surface area (TPSA) is 28.0 Å². The van der Waals surface area contributed by atoms with Crippen LogP contribution in [0.2, 0.25) is 0 Å². The Hall–Kier alpha value is -1.38. The molecule has 1 heterocycles. The van der Waals surface area contributed by atoms with Crippen molar-refractivity contribution in [3.63, 3.8) is 0 Å². The average Bonchev–Trinajstić information content (AvgIpc) is 2.30. The van der Waals surface area contributed by atoms with Crippen molar-refractivity contribution in [1.29, 1.82) is 0 Å². The Balaban J connectivity index is 0.000000606. The van der Waals surface area contributed by atoms with Gasteiger partial charge in [0.25, 0.3) is 0 Å². The zero-order valence-corrected chi connectivity index (χ0v) is 10.9. The van der Waals surface area contributed by atoms with Crippen LogP contribution in [0.5, 0.6) is 0 Å². The Morgan fingerprint density at radius 2 is 2.00 bits per heavy atom. The van der Waals surface area contributed by atoms with Crippen molar-refractivity contribution >= 4 is 11.7 Å². The summed E-state index contributed by atoms with van der Waals surface area (Å²) >= 11 is 0. The number of aliphatic imine (C=N–C) groups is 2. The minimum atomic E-state index is 0.287. The Kier molecular flexibility index (Phi) is 4.47. The van der Waals surface area contributed by atoms with Gasteiger partial charge in [-0.1, -0.05) is 32.1 Å². The van der Waals surface area contributed by atoms with Gasteiger partial charge in [0.1, 0.15) is 11.7 Å². The van der Waals surface area contributed by atoms with E-state index >= 15 is 0 Å². The average molecular weight is 219 g/mol. The van der Waals surface area contributed by atoms with Crippen LogP contribution in [0.15, 0.2) is 33.8 Å². The molecule has 0 spiro atoms. The fourth-order valence-corrected chi connectivity index (χ4v) is 1.79. The SMILES string of the molecule is CC.CC1=NC2CC=CC=C2C(N(C)C)=N1. The van der Waals surface area contributed by atoms with E-state index in [0.29, 0.717) is 0 Å². The second kappa shape index (κ2) is 5.64. The minimum Gasteiger partial charge on any atom is -0.362 e. The molecule has 16 heavy (non-hydrogen) atoms. The normalized spacial score (nSPS) is 22.1. The summed E-state index contributed by atoms with van der Waals surface area (Å²) in [5.41, 5.74) is 1.24. The molecule has 0 N–H and O–H groups in total. The van der Waals surface area contributed by atoms with Gasteiger partial charge in [0.15, 0.2) is 0 Å². The van der Waals surface area contributed by atoms with Crippen molar-refractivity contribution in [3.8, 4) is 0 Å². The van der Waals surface area contributed by atoms with Crippen LogP contribution in [0.25, 0.3) is 0 Å². The second-order valence-electron chi connectivity index (χ2n) is 3.81. The smallest absolute Gasteiger partial charge is 0.135 e. The molecule has 1 aliphatic heterocycles. The maximum Gasteiger partial charge on any atom is 0.135 e. The van der Waals surface area contributed by atoms with Gasteiger partial charge in [-0.15, -0.1) is 0 Å². The molecule has 0 radical (unpaired) electrons. The Morgan fingerprint density at radius 1 is 1.31 bits per heavy atom. The quantitative estimate of drug-likeness (QED) is 0.615. The zero-order chi connectivity index (χ0) is 12.1. The molecular formula is C13H21N3. The van der Waals surface area contributed by atoms with Crippen molar-refractivity contribution in [2.45, 2.75) is 33.2 Å². The lowest BCUT2D eigenvalue weighted by Gasteiger charge is -2.27. The molecule has 0 aromatic rings. The first kappa shape index (κ1) is 12.7. The molecule has 0 amide bonds. The van der Waals surface area contributed by atoms with Crippen LogP contribution in [-0.4, -0.2) is 36.7 Å². The van der Waals surface area contributed by atoms with E-state index < -0.39 is 0 Å². The molecule has 1 aliphatic carbocycles. The fourth-order valence-electron chi connectivity index (χ4n) is 1.79. The van der Waals surface area contributed by atoms with Crippen LogP contribution in [0.1, 0.15) is 27.2 Å². The van der Waals surface area contributed by atoms with E-state index in [-0.39, 0.29) is 6.04 Å². The van der Waals surface area contributed by atoms with Gasteiger partial charge in [-0.05, 0) is 13.3 Å². The number of fused-ring (bicyclic) bond motifs is 1. The van der Waals surface area contributed by atoms with Crippen LogP contribution >= 0.6 is 0 Å². The van der Waals surface area contributed by atoms with E-state index in [2.05, 4.69) is 33.1 Å². The highest BCUT2D eigenvalue weighted by Gasteiger charge is 2.24. The van der Waals surface area contributed by atoms with Crippen molar-refractivity contribution in [1.82, 2.24) is 4.90 Å². The summed E-state index contributed by atoms with van der Waals surface area (Å²) in [6, 6.07) is 0.287. The highest BCUT2D eigenvalue weighted by atomic mass is 15.2. The number of rotatable bonds is 0. The number of hydrogen-bond acceptors (Lipinski definition) is 3. The summed E-state index contributed by atoms with van der Waals surface area (Å²) in [5.74, 6) is 1.93. The first-order valence-corrected chi connectivity index (χ1v) is 5.86. The van der Waals surface area contributed by atoms with Crippen LogP contribution < -0.4 is 0 Å². The molecule has 88 valence electrons. The lowest BCUT2D eigenvalue weighted by Crippen LogP contribution is -2.33. The molecule has 0 aromatic carbocycles. The monoisotopic (exact) mass is 219 g/mol. The third-order valence-electron chi connectivity index (χ3n) is 2.42. The first-order chi connectivity index (χ1) is 7.68. The summed E-state index contributed by atoms with van der Waals surface area (Å²) in [6.45, 7) is 5.96. The number of hydrogen-bond donors (Lipinski definition) is 0. The Bertz CT molecular complexity index is 359. The van der Waals surface area contributed by atoms with Gasteiger partial charge >= 0.3 is 0 Å². The molecule has 1 atom stereocenters. The molecule has 0 saturated heterocycles. The summed E-state index contributed by atoms with van der Waals surface area (Å²) in [5, 5.41) is 0. The molecular weight excluding hydrogens is 198 g/mol. The van der Waals surface area contributed by atoms with E-state index in [0.717, 1.165) is 18.1 Å². The maximum absolute atomic E-state index is 4.52. The molecule has 3 nitrogen and oxygen atoms in total. The largest absolute Gasteiger partial charge is 0.362 e. The van der Waals surface area contributed by atoms with Crippen LogP contribution in [0, 0.1) is 0 Å². The third-order valence-corrected chi connectivity index (χ3v) is 2.42. The van der Waals surface area contributed by atoms with Crippen LogP contribution in [0.4, 0.5) is 0 Å². The van der Waals surface area contributed by atoms with E-state index in [1.54, 1.807) is 0 Å². The van der Waals surface area contributed by atoms with Gasteiger partial charge in [0, 0.05) is 19.7 Å². The second-order valence-corrected chi connectivity index (χ2v) is 3.81. The van der Waals surface area contributed by atoms with Gasteiger partial charge in [-0.2, -0.15) is 0 Å². The lowest BCUT2D eigenvalue weighted by molar-refractivity contribution is 0.608. The zero-order valence-electron chi connectivity index (χ0n) is 10.9. The Morgan fingerprint density at radius 3 is 2.62 bits per heavy atom. The molecule has 3 heteroatoms. The molecule has 0 aromatic heterocycles. The van der Waals surface area contributed by atoms with Gasteiger partial charge in [0.05, 0.1) is 6.04 Å². The van der Waals surface area contributed by atoms with Crippen molar-refractivity contribution in [2.24, 2.45) is 9.98 Å². The first-order valence-electron chi connectivity index (χ1n) is 5.86. The summed E-state index contributed by atoms with van der Waals surface area (Å²) in [7, 11) is 4.04. The minimum absolute atomic E-state index is 0.287. The van der Waals surface area contributed by atoms with E-state index in [1.165, 1.54) is 5.57 Å². The number of nitrogens with zero attached hydrogens (tertiary/aromatic N) is 3. The molecule has 1 unspecified atom stereocenters. The Labute approximate surface area is 98.3 Å². The molecule has 2 aliphatic rings. The predicted octanol–water partition coefficient (Wildman–Crippen LogP) is 2.66. The standard InChI is InChI=1S/C11H15N3.C2H6/c1-8-12-10-7-5-4-6-9(10)11(13-8)14(2)3;1-2/h4-6,10H,7H2,1-3H3;1-2H3. The fraction of sp³-hybridized carbons (Fsp3) is 0.538. The lowest BCUT2D eigenvalue weighted by atomic mass is 9.97. The molecule has 0 bridgehead atoms. The number of allylic oxidation sites excluding steroid dienone is 2. The van der Waals surface area contributed by atoms with Crippen molar-refractivity contribution in [3.05, 3.63) is 23.8 Å². The van der Waals surface area contributed by atoms with Gasteiger partial charge < -0.3 is 4.90 Å². The summed E-state index contributed by atoms with van der Waals surface area (Å²) in [4.78, 5) is 11.0. The number of likely N-dealkylation sites (N-methyl/N-ethyl adjacent to an activating group) is 1. The summed E-state index contributed by atoms with van der Waals surface area (Å²) in [6.07, 6.45) is 7.35. The molecule has 2 rings (SSSR count). The third kappa shape index (κ3) is 2.60. The number of amidine groups is 2. The van der Waals surface area contributed by atoms with Crippen molar-refractivity contribution in [2.75, 3.05) is 14.1 Å². The molecule has 0 fully saturated rings. The van der Waals surface area contributed by atoms with Gasteiger partial charge in [-0.3, -0.25) is 4.99 Å².